The minimum atomic E-state index is 0.388. The van der Waals surface area contributed by atoms with E-state index in [1.54, 1.807) is 18.7 Å². The van der Waals surface area contributed by atoms with Gasteiger partial charge in [0.05, 0.1) is 0 Å². The SMILES string of the molecule is NC(=NCC1CCCN(c2nccn3cnnc23)C1)Nc1ccccn1. The number of guanidine groups is 1. The number of nitrogens with two attached hydrogens (primary N) is 1. The molecule has 1 aliphatic rings. The predicted molar refractivity (Wildman–Crippen MR) is 100 cm³/mol. The molecule has 1 saturated heterocycles. The Bertz CT molecular complexity index is 889. The van der Waals surface area contributed by atoms with Crippen LogP contribution in [0.3, 0.4) is 0 Å². The number of hydrogen-bond donors (Lipinski definition) is 2. The summed E-state index contributed by atoms with van der Waals surface area (Å²) < 4.78 is 1.89. The fourth-order valence-electron chi connectivity index (χ4n) is 3.21. The minimum absolute atomic E-state index is 0.388. The Balaban J connectivity index is 1.41. The average molecular weight is 351 g/mol. The van der Waals surface area contributed by atoms with Crippen LogP contribution in [0.25, 0.3) is 5.65 Å². The number of nitrogens with one attached hydrogen (secondary N) is 1. The van der Waals surface area contributed by atoms with Crippen LogP contribution < -0.4 is 16.0 Å². The van der Waals surface area contributed by atoms with Crippen LogP contribution in [0.1, 0.15) is 12.8 Å². The Kier molecular flexibility index (Phi) is 4.59. The van der Waals surface area contributed by atoms with Crippen LogP contribution >= 0.6 is 0 Å². The molecular weight excluding hydrogens is 330 g/mol. The lowest BCUT2D eigenvalue weighted by atomic mass is 9.98. The van der Waals surface area contributed by atoms with Gasteiger partial charge in [-0.15, -0.1) is 10.2 Å². The lowest BCUT2D eigenvalue weighted by Crippen LogP contribution is -2.38. The first-order valence-corrected chi connectivity index (χ1v) is 8.67. The molecule has 9 nitrogen and oxygen atoms in total. The maximum atomic E-state index is 5.98. The molecule has 26 heavy (non-hydrogen) atoms. The van der Waals surface area contributed by atoms with E-state index in [0.717, 1.165) is 37.4 Å². The molecule has 1 atom stereocenters. The third-order valence-electron chi connectivity index (χ3n) is 4.46. The Morgan fingerprint density at radius 1 is 1.31 bits per heavy atom. The van der Waals surface area contributed by atoms with Gasteiger partial charge in [0.25, 0.3) is 0 Å². The van der Waals surface area contributed by atoms with Gasteiger partial charge in [-0.2, -0.15) is 0 Å². The van der Waals surface area contributed by atoms with Gasteiger partial charge in [-0.1, -0.05) is 6.07 Å². The molecule has 4 rings (SSSR count). The monoisotopic (exact) mass is 351 g/mol. The standard InChI is InChI=1S/C17H21N9/c18-17(23-14-5-1-2-6-19-14)21-10-13-4-3-8-25(11-13)15-16-24-22-12-26(16)9-7-20-15/h1-2,5-7,9,12-13H,3-4,8,10-11H2,(H3,18,19,21,23). The van der Waals surface area contributed by atoms with E-state index >= 15 is 0 Å². The zero-order valence-corrected chi connectivity index (χ0v) is 14.4. The van der Waals surface area contributed by atoms with Gasteiger partial charge in [0.15, 0.2) is 11.8 Å². The zero-order valence-electron chi connectivity index (χ0n) is 14.4. The van der Waals surface area contributed by atoms with Crippen molar-refractivity contribution in [3.63, 3.8) is 0 Å². The average Bonchev–Trinajstić information content (AvgIpc) is 3.16. The fraction of sp³-hybridized carbons (Fsp3) is 0.353. The first-order chi connectivity index (χ1) is 12.8. The molecular formula is C17H21N9. The van der Waals surface area contributed by atoms with Crippen molar-refractivity contribution >= 4 is 23.2 Å². The number of aromatic nitrogens is 5. The summed E-state index contributed by atoms with van der Waals surface area (Å²) in [5.74, 6) is 2.37. The highest BCUT2D eigenvalue weighted by atomic mass is 15.3. The molecule has 1 aliphatic heterocycles. The van der Waals surface area contributed by atoms with E-state index in [4.69, 9.17) is 5.73 Å². The molecule has 134 valence electrons. The van der Waals surface area contributed by atoms with Crippen molar-refractivity contribution in [1.29, 1.82) is 0 Å². The van der Waals surface area contributed by atoms with E-state index in [0.29, 0.717) is 24.2 Å². The van der Waals surface area contributed by atoms with Gasteiger partial charge < -0.3 is 16.0 Å². The summed E-state index contributed by atoms with van der Waals surface area (Å²) in [6.07, 6.45) is 9.25. The van der Waals surface area contributed by atoms with Gasteiger partial charge in [-0.3, -0.25) is 9.39 Å². The Hall–Kier alpha value is -3.23. The van der Waals surface area contributed by atoms with E-state index in [1.165, 1.54) is 0 Å². The van der Waals surface area contributed by atoms with Crippen LogP contribution in [-0.2, 0) is 0 Å². The largest absolute Gasteiger partial charge is 0.370 e. The molecule has 0 radical (unpaired) electrons. The number of pyridine rings is 1. The first kappa shape index (κ1) is 16.2. The summed E-state index contributed by atoms with van der Waals surface area (Å²) in [5, 5.41) is 11.2. The summed E-state index contributed by atoms with van der Waals surface area (Å²) in [6.45, 7) is 2.50. The highest BCUT2D eigenvalue weighted by Crippen LogP contribution is 2.24. The molecule has 0 saturated carbocycles. The fourth-order valence-corrected chi connectivity index (χ4v) is 3.21. The normalized spacial score (nSPS) is 18.2. The smallest absolute Gasteiger partial charge is 0.203 e. The number of nitrogens with zero attached hydrogens (tertiary/aromatic N) is 7. The second-order valence-corrected chi connectivity index (χ2v) is 6.33. The van der Waals surface area contributed by atoms with Crippen LogP contribution in [0.2, 0.25) is 0 Å². The quantitative estimate of drug-likeness (QED) is 0.536. The first-order valence-electron chi connectivity index (χ1n) is 8.67. The molecule has 0 amide bonds. The van der Waals surface area contributed by atoms with E-state index < -0.39 is 0 Å². The molecule has 3 N–H and O–H groups in total. The van der Waals surface area contributed by atoms with Crippen molar-refractivity contribution in [3.8, 4) is 0 Å². The van der Waals surface area contributed by atoms with Gasteiger partial charge in [-0.25, -0.2) is 9.97 Å². The van der Waals surface area contributed by atoms with Gasteiger partial charge in [0.1, 0.15) is 12.1 Å². The second kappa shape index (κ2) is 7.34. The summed E-state index contributed by atoms with van der Waals surface area (Å²) in [4.78, 5) is 15.4. The van der Waals surface area contributed by atoms with E-state index in [1.807, 2.05) is 28.8 Å². The number of rotatable bonds is 4. The zero-order chi connectivity index (χ0) is 17.8. The van der Waals surface area contributed by atoms with Crippen LogP contribution in [0.4, 0.5) is 11.6 Å². The minimum Gasteiger partial charge on any atom is -0.370 e. The van der Waals surface area contributed by atoms with E-state index in [9.17, 15) is 0 Å². The topological polar surface area (TPSA) is 110 Å². The van der Waals surface area contributed by atoms with Crippen molar-refractivity contribution < 1.29 is 0 Å². The molecule has 3 aromatic rings. The molecule has 0 bridgehead atoms. The molecule has 1 fully saturated rings. The van der Waals surface area contributed by atoms with E-state index in [-0.39, 0.29) is 0 Å². The highest BCUT2D eigenvalue weighted by molar-refractivity contribution is 5.91. The number of fused-ring (bicyclic) bond motifs is 1. The Morgan fingerprint density at radius 2 is 2.27 bits per heavy atom. The summed E-state index contributed by atoms with van der Waals surface area (Å²) in [5.41, 5.74) is 6.77. The maximum Gasteiger partial charge on any atom is 0.203 e. The number of piperidine rings is 1. The number of anilines is 2. The van der Waals surface area contributed by atoms with Crippen LogP contribution in [0.5, 0.6) is 0 Å². The van der Waals surface area contributed by atoms with Crippen molar-refractivity contribution in [3.05, 3.63) is 43.1 Å². The molecule has 1 unspecified atom stereocenters. The van der Waals surface area contributed by atoms with Gasteiger partial charge in [-0.05, 0) is 30.9 Å². The third-order valence-corrected chi connectivity index (χ3v) is 4.46. The molecule has 0 spiro atoms. The van der Waals surface area contributed by atoms with Crippen molar-refractivity contribution in [2.75, 3.05) is 29.9 Å². The Labute approximate surface area is 151 Å². The third kappa shape index (κ3) is 3.56. The highest BCUT2D eigenvalue weighted by Gasteiger charge is 2.23. The van der Waals surface area contributed by atoms with E-state index in [2.05, 4.69) is 35.4 Å². The number of aliphatic imine (C=N–C) groups is 1. The lowest BCUT2D eigenvalue weighted by molar-refractivity contribution is 0.422. The van der Waals surface area contributed by atoms with Crippen molar-refractivity contribution in [2.24, 2.45) is 16.6 Å². The maximum absolute atomic E-state index is 5.98. The second-order valence-electron chi connectivity index (χ2n) is 6.33. The Morgan fingerprint density at radius 3 is 3.15 bits per heavy atom. The number of hydrogen-bond acceptors (Lipinski definition) is 6. The predicted octanol–water partition coefficient (Wildman–Crippen LogP) is 1.16. The van der Waals surface area contributed by atoms with Crippen LogP contribution in [0, 0.1) is 5.92 Å². The molecule has 9 heteroatoms. The van der Waals surface area contributed by atoms with Gasteiger partial charge in [0, 0.05) is 38.2 Å². The van der Waals surface area contributed by atoms with Crippen molar-refractivity contribution in [2.45, 2.75) is 12.8 Å². The summed E-state index contributed by atoms with van der Waals surface area (Å²) in [7, 11) is 0. The van der Waals surface area contributed by atoms with Crippen LogP contribution in [0.15, 0.2) is 48.1 Å². The molecule has 3 aromatic heterocycles. The lowest BCUT2D eigenvalue weighted by Gasteiger charge is -2.32. The molecule has 4 heterocycles. The van der Waals surface area contributed by atoms with Gasteiger partial charge >= 0.3 is 0 Å². The summed E-state index contributed by atoms with van der Waals surface area (Å²) in [6, 6.07) is 5.62. The molecule has 0 aliphatic carbocycles. The van der Waals surface area contributed by atoms with Gasteiger partial charge in [0.2, 0.25) is 5.65 Å². The van der Waals surface area contributed by atoms with Crippen molar-refractivity contribution in [1.82, 2.24) is 24.6 Å². The molecule has 0 aromatic carbocycles. The summed E-state index contributed by atoms with van der Waals surface area (Å²) >= 11 is 0. The van der Waals surface area contributed by atoms with Crippen LogP contribution in [-0.4, -0.2) is 50.2 Å².